The number of hydrogen-bond acceptors (Lipinski definition) is 3. The second-order valence-corrected chi connectivity index (χ2v) is 4.02. The van der Waals surface area contributed by atoms with E-state index in [2.05, 4.69) is 9.97 Å². The van der Waals surface area contributed by atoms with Crippen LogP contribution in [0.3, 0.4) is 0 Å². The molecule has 0 saturated heterocycles. The zero-order valence-corrected chi connectivity index (χ0v) is 9.46. The minimum absolute atomic E-state index is 0.727. The first-order valence-corrected chi connectivity index (χ1v) is 5.40. The first-order valence-electron chi connectivity index (χ1n) is 5.40. The van der Waals surface area contributed by atoms with E-state index < -0.39 is 0 Å². The number of aromatic nitrogens is 3. The van der Waals surface area contributed by atoms with Gasteiger partial charge in [-0.25, -0.2) is 4.98 Å². The van der Waals surface area contributed by atoms with Gasteiger partial charge in [-0.2, -0.15) is 0 Å². The molecule has 4 nitrogen and oxygen atoms in total. The topological polar surface area (TPSA) is 56.7 Å². The molecule has 0 unspecified atom stereocenters. The summed E-state index contributed by atoms with van der Waals surface area (Å²) in [7, 11) is 0. The standard InChI is InChI=1S/C13H12N4/c1-9-2-4-11(7-15-9)17-8-16-12-6-10(14)3-5-13(12)17/h2-8H,14H2,1H3. The third kappa shape index (κ3) is 1.63. The van der Waals surface area contributed by atoms with Gasteiger partial charge in [0.05, 0.1) is 22.9 Å². The molecule has 0 radical (unpaired) electrons. The molecule has 1 aromatic carbocycles. The van der Waals surface area contributed by atoms with Crippen LogP contribution < -0.4 is 5.73 Å². The van der Waals surface area contributed by atoms with Crippen LogP contribution in [0.4, 0.5) is 5.69 Å². The molecule has 3 rings (SSSR count). The van der Waals surface area contributed by atoms with Crippen LogP contribution in [0, 0.1) is 6.92 Å². The van der Waals surface area contributed by atoms with Gasteiger partial charge >= 0.3 is 0 Å². The smallest absolute Gasteiger partial charge is 0.100 e. The maximum absolute atomic E-state index is 5.73. The Bertz CT molecular complexity index is 667. The molecule has 84 valence electrons. The highest BCUT2D eigenvalue weighted by Gasteiger charge is 2.04. The van der Waals surface area contributed by atoms with Crippen LogP contribution >= 0.6 is 0 Å². The van der Waals surface area contributed by atoms with Crippen molar-refractivity contribution in [2.24, 2.45) is 0 Å². The van der Waals surface area contributed by atoms with E-state index in [1.807, 2.05) is 48.0 Å². The lowest BCUT2D eigenvalue weighted by Gasteiger charge is -2.04. The average molecular weight is 224 g/mol. The van der Waals surface area contributed by atoms with Crippen molar-refractivity contribution >= 4 is 16.7 Å². The SMILES string of the molecule is Cc1ccc(-n2cnc3cc(N)ccc32)cn1. The second kappa shape index (κ2) is 3.59. The van der Waals surface area contributed by atoms with Crippen LogP contribution in [0.5, 0.6) is 0 Å². The number of rotatable bonds is 1. The molecule has 0 amide bonds. The Labute approximate surface area is 98.7 Å². The minimum Gasteiger partial charge on any atom is -0.399 e. The molecule has 0 saturated carbocycles. The van der Waals surface area contributed by atoms with E-state index in [1.165, 1.54) is 0 Å². The van der Waals surface area contributed by atoms with E-state index in [4.69, 9.17) is 5.73 Å². The number of nitrogens with two attached hydrogens (primary N) is 1. The van der Waals surface area contributed by atoms with Gasteiger partial charge in [0, 0.05) is 11.4 Å². The molecule has 0 aliphatic carbocycles. The Kier molecular flexibility index (Phi) is 2.08. The molecule has 0 aliphatic heterocycles. The van der Waals surface area contributed by atoms with E-state index in [0.29, 0.717) is 0 Å². The van der Waals surface area contributed by atoms with Crippen molar-refractivity contribution in [3.63, 3.8) is 0 Å². The fourth-order valence-corrected chi connectivity index (χ4v) is 1.84. The molecule has 0 aliphatic rings. The highest BCUT2D eigenvalue weighted by atomic mass is 15.1. The van der Waals surface area contributed by atoms with Gasteiger partial charge in [-0.1, -0.05) is 0 Å². The number of pyridine rings is 1. The van der Waals surface area contributed by atoms with Crippen LogP contribution in [0.1, 0.15) is 5.69 Å². The van der Waals surface area contributed by atoms with Crippen molar-refractivity contribution in [3.8, 4) is 5.69 Å². The quantitative estimate of drug-likeness (QED) is 0.645. The van der Waals surface area contributed by atoms with Gasteiger partial charge in [-0.05, 0) is 37.3 Å². The summed E-state index contributed by atoms with van der Waals surface area (Å²) in [4.78, 5) is 8.62. The predicted octanol–water partition coefficient (Wildman–Crippen LogP) is 2.31. The third-order valence-corrected chi connectivity index (χ3v) is 2.75. The second-order valence-electron chi connectivity index (χ2n) is 4.02. The Morgan fingerprint density at radius 1 is 1.12 bits per heavy atom. The summed E-state index contributed by atoms with van der Waals surface area (Å²) in [6.45, 7) is 1.97. The molecular formula is C13H12N4. The molecule has 3 aromatic rings. The van der Waals surface area contributed by atoms with E-state index in [0.717, 1.165) is 28.1 Å². The van der Waals surface area contributed by atoms with Gasteiger partial charge in [0.25, 0.3) is 0 Å². The third-order valence-electron chi connectivity index (χ3n) is 2.75. The van der Waals surface area contributed by atoms with Gasteiger partial charge in [0.15, 0.2) is 0 Å². The molecular weight excluding hydrogens is 212 g/mol. The maximum atomic E-state index is 5.73. The summed E-state index contributed by atoms with van der Waals surface area (Å²) in [5.41, 5.74) is 10.4. The largest absolute Gasteiger partial charge is 0.399 e. The van der Waals surface area contributed by atoms with Crippen molar-refractivity contribution in [2.75, 3.05) is 5.73 Å². The Morgan fingerprint density at radius 2 is 2.00 bits per heavy atom. The van der Waals surface area contributed by atoms with Crippen molar-refractivity contribution in [2.45, 2.75) is 6.92 Å². The molecule has 4 heteroatoms. The normalized spacial score (nSPS) is 10.9. The number of anilines is 1. The van der Waals surface area contributed by atoms with Gasteiger partial charge < -0.3 is 5.73 Å². The number of nitrogens with zero attached hydrogens (tertiary/aromatic N) is 3. The van der Waals surface area contributed by atoms with E-state index >= 15 is 0 Å². The molecule has 0 spiro atoms. The number of nitrogen functional groups attached to an aromatic ring is 1. The lowest BCUT2D eigenvalue weighted by atomic mass is 10.2. The summed E-state index contributed by atoms with van der Waals surface area (Å²) in [6.07, 6.45) is 3.63. The van der Waals surface area contributed by atoms with Crippen LogP contribution in [0.2, 0.25) is 0 Å². The minimum atomic E-state index is 0.727. The fraction of sp³-hybridized carbons (Fsp3) is 0.0769. The maximum Gasteiger partial charge on any atom is 0.100 e. The highest BCUT2D eigenvalue weighted by molar-refractivity contribution is 5.80. The number of benzene rings is 1. The molecule has 0 bridgehead atoms. The van der Waals surface area contributed by atoms with Crippen molar-refractivity contribution in [3.05, 3.63) is 48.5 Å². The van der Waals surface area contributed by atoms with Gasteiger partial charge in [0.2, 0.25) is 0 Å². The summed E-state index contributed by atoms with van der Waals surface area (Å²) >= 11 is 0. The first-order chi connectivity index (χ1) is 8.24. The molecule has 2 N–H and O–H groups in total. The molecule has 2 aromatic heterocycles. The van der Waals surface area contributed by atoms with Gasteiger partial charge in [-0.3, -0.25) is 9.55 Å². The Hall–Kier alpha value is -2.36. The fourth-order valence-electron chi connectivity index (χ4n) is 1.84. The molecule has 0 atom stereocenters. The summed E-state index contributed by atoms with van der Waals surface area (Å²) < 4.78 is 2.00. The van der Waals surface area contributed by atoms with Crippen LogP contribution in [0.15, 0.2) is 42.9 Å². The number of imidazole rings is 1. The summed E-state index contributed by atoms with van der Waals surface area (Å²) in [6, 6.07) is 9.73. The van der Waals surface area contributed by atoms with Crippen LogP contribution in [0.25, 0.3) is 16.7 Å². The van der Waals surface area contributed by atoms with Crippen molar-refractivity contribution in [1.82, 2.24) is 14.5 Å². The van der Waals surface area contributed by atoms with Crippen LogP contribution in [-0.2, 0) is 0 Å². The summed E-state index contributed by atoms with van der Waals surface area (Å²) in [5, 5.41) is 0. The van der Waals surface area contributed by atoms with Crippen molar-refractivity contribution in [1.29, 1.82) is 0 Å². The average Bonchev–Trinajstić information content (AvgIpc) is 2.73. The lowest BCUT2D eigenvalue weighted by molar-refractivity contribution is 1.06. The Balaban J connectivity index is 2.21. The lowest BCUT2D eigenvalue weighted by Crippen LogP contribution is -1.93. The molecule has 2 heterocycles. The van der Waals surface area contributed by atoms with Crippen LogP contribution in [-0.4, -0.2) is 14.5 Å². The monoisotopic (exact) mass is 224 g/mol. The molecule has 0 fully saturated rings. The van der Waals surface area contributed by atoms with Crippen molar-refractivity contribution < 1.29 is 0 Å². The predicted molar refractivity (Wildman–Crippen MR) is 68.0 cm³/mol. The Morgan fingerprint density at radius 3 is 2.76 bits per heavy atom. The van der Waals surface area contributed by atoms with E-state index in [-0.39, 0.29) is 0 Å². The van der Waals surface area contributed by atoms with Gasteiger partial charge in [-0.15, -0.1) is 0 Å². The number of hydrogen-bond donors (Lipinski definition) is 1. The zero-order valence-electron chi connectivity index (χ0n) is 9.46. The summed E-state index contributed by atoms with van der Waals surface area (Å²) in [5.74, 6) is 0. The van der Waals surface area contributed by atoms with E-state index in [1.54, 1.807) is 6.33 Å². The molecule has 17 heavy (non-hydrogen) atoms. The first kappa shape index (κ1) is 9.84. The number of aryl methyl sites for hydroxylation is 1. The highest BCUT2D eigenvalue weighted by Crippen LogP contribution is 2.19. The zero-order chi connectivity index (χ0) is 11.8. The number of fused-ring (bicyclic) bond motifs is 1. The van der Waals surface area contributed by atoms with E-state index in [9.17, 15) is 0 Å². The van der Waals surface area contributed by atoms with Gasteiger partial charge in [0.1, 0.15) is 6.33 Å².